The number of nitrogens with zero attached hydrogens (tertiary/aromatic N) is 3. The molecule has 0 atom stereocenters. The van der Waals surface area contributed by atoms with Crippen LogP contribution in [0.5, 0.6) is 0 Å². The quantitative estimate of drug-likeness (QED) is 0.501. The summed E-state index contributed by atoms with van der Waals surface area (Å²) < 4.78 is 29.9. The lowest BCUT2D eigenvalue weighted by Gasteiger charge is -2.11. The van der Waals surface area contributed by atoms with Crippen LogP contribution < -0.4 is 4.72 Å². The van der Waals surface area contributed by atoms with Gasteiger partial charge in [0.05, 0.1) is 10.7 Å². The Morgan fingerprint density at radius 1 is 1.07 bits per heavy atom. The maximum absolute atomic E-state index is 12.7. The van der Waals surface area contributed by atoms with E-state index in [4.69, 9.17) is 23.2 Å². The van der Waals surface area contributed by atoms with Crippen LogP contribution in [0.4, 0.5) is 5.69 Å². The molecule has 0 fully saturated rings. The fourth-order valence-corrected chi connectivity index (χ4v) is 4.71. The molecule has 9 heteroatoms. The van der Waals surface area contributed by atoms with Gasteiger partial charge in [-0.2, -0.15) is 0 Å². The number of hydrogen-bond donors (Lipinski definition) is 1. The smallest absolute Gasteiger partial charge is 0.263 e. The van der Waals surface area contributed by atoms with Crippen molar-refractivity contribution >= 4 is 44.7 Å². The first-order chi connectivity index (χ1) is 13.3. The molecule has 0 aliphatic carbocycles. The Labute approximate surface area is 171 Å². The molecule has 28 heavy (non-hydrogen) atoms. The highest BCUT2D eigenvalue weighted by Crippen LogP contribution is 2.29. The molecule has 0 radical (unpaired) electrons. The Balaban J connectivity index is 1.73. The molecule has 4 rings (SSSR count). The van der Waals surface area contributed by atoms with Gasteiger partial charge in [0.2, 0.25) is 5.78 Å². The van der Waals surface area contributed by atoms with Crippen LogP contribution in [0.15, 0.2) is 65.8 Å². The van der Waals surface area contributed by atoms with Crippen molar-refractivity contribution in [2.45, 2.75) is 11.8 Å². The van der Waals surface area contributed by atoms with E-state index in [1.54, 1.807) is 24.4 Å². The third-order valence-electron chi connectivity index (χ3n) is 4.21. The summed E-state index contributed by atoms with van der Waals surface area (Å²) in [4.78, 5) is 8.70. The second kappa shape index (κ2) is 7.09. The molecule has 1 N–H and O–H groups in total. The first-order valence-corrected chi connectivity index (χ1v) is 10.5. The number of imidazole rings is 1. The van der Waals surface area contributed by atoms with Gasteiger partial charge in [-0.3, -0.25) is 9.12 Å². The minimum Gasteiger partial charge on any atom is -0.288 e. The van der Waals surface area contributed by atoms with Crippen molar-refractivity contribution in [3.8, 4) is 11.3 Å². The molecule has 0 spiro atoms. The van der Waals surface area contributed by atoms with Gasteiger partial charge in [0.1, 0.15) is 4.90 Å². The van der Waals surface area contributed by atoms with Gasteiger partial charge in [0, 0.05) is 34.4 Å². The Hall–Kier alpha value is -2.61. The lowest BCUT2D eigenvalue weighted by molar-refractivity contribution is 0.601. The number of aromatic nitrogens is 3. The number of benzene rings is 2. The van der Waals surface area contributed by atoms with E-state index in [-0.39, 0.29) is 14.9 Å². The van der Waals surface area contributed by atoms with Crippen LogP contribution in [0.25, 0.3) is 17.0 Å². The van der Waals surface area contributed by atoms with E-state index in [0.29, 0.717) is 11.5 Å². The molecular weight excluding hydrogens is 419 g/mol. The zero-order valence-corrected chi connectivity index (χ0v) is 16.9. The van der Waals surface area contributed by atoms with Crippen molar-refractivity contribution in [3.05, 3.63) is 76.7 Å². The molecule has 0 saturated heterocycles. The molecule has 2 aromatic heterocycles. The Bertz CT molecular complexity index is 1300. The predicted molar refractivity (Wildman–Crippen MR) is 110 cm³/mol. The molecule has 0 aliphatic rings. The highest BCUT2D eigenvalue weighted by atomic mass is 35.5. The average Bonchev–Trinajstić information content (AvgIpc) is 3.00. The van der Waals surface area contributed by atoms with E-state index in [0.717, 1.165) is 17.0 Å². The van der Waals surface area contributed by atoms with E-state index in [2.05, 4.69) is 14.7 Å². The zero-order chi connectivity index (χ0) is 19.9. The summed E-state index contributed by atoms with van der Waals surface area (Å²) in [6.45, 7) is 1.93. The van der Waals surface area contributed by atoms with Crippen molar-refractivity contribution in [1.29, 1.82) is 0 Å². The molecule has 0 saturated carbocycles. The van der Waals surface area contributed by atoms with Gasteiger partial charge in [-0.15, -0.1) is 0 Å². The van der Waals surface area contributed by atoms with Crippen molar-refractivity contribution in [2.75, 3.05) is 4.72 Å². The van der Waals surface area contributed by atoms with Crippen molar-refractivity contribution in [2.24, 2.45) is 0 Å². The maximum atomic E-state index is 12.7. The lowest BCUT2D eigenvalue weighted by Crippen LogP contribution is -2.13. The number of rotatable bonds is 4. The number of nitrogens with one attached hydrogen (secondary N) is 1. The molecule has 6 nitrogen and oxygen atoms in total. The highest BCUT2D eigenvalue weighted by Gasteiger charge is 2.19. The summed E-state index contributed by atoms with van der Waals surface area (Å²) in [6.07, 6.45) is 3.55. The van der Waals surface area contributed by atoms with Crippen LogP contribution in [-0.2, 0) is 10.0 Å². The number of anilines is 1. The van der Waals surface area contributed by atoms with Gasteiger partial charge in [-0.05, 0) is 43.3 Å². The number of aryl methyl sites for hydroxylation is 1. The molecule has 2 aromatic carbocycles. The second-order valence-electron chi connectivity index (χ2n) is 6.10. The van der Waals surface area contributed by atoms with Crippen molar-refractivity contribution < 1.29 is 8.42 Å². The first kappa shape index (κ1) is 18.7. The number of fused-ring (bicyclic) bond motifs is 1. The SMILES string of the molecule is Cc1c(-c2cccc(NS(=O)(=O)c3cc(Cl)ccc3Cl)c2)nc2ncccn12. The van der Waals surface area contributed by atoms with Crippen LogP contribution in [0.3, 0.4) is 0 Å². The van der Waals surface area contributed by atoms with Crippen LogP contribution >= 0.6 is 23.2 Å². The lowest BCUT2D eigenvalue weighted by atomic mass is 10.1. The van der Waals surface area contributed by atoms with Gasteiger partial charge in [-0.25, -0.2) is 18.4 Å². The maximum Gasteiger partial charge on any atom is 0.263 e. The third kappa shape index (κ3) is 3.44. The molecular formula is C19H14Cl2N4O2S. The summed E-state index contributed by atoms with van der Waals surface area (Å²) in [5, 5.41) is 0.377. The molecule has 2 heterocycles. The topological polar surface area (TPSA) is 76.4 Å². The zero-order valence-electron chi connectivity index (χ0n) is 14.6. The van der Waals surface area contributed by atoms with Crippen molar-refractivity contribution in [3.63, 3.8) is 0 Å². The molecule has 0 aliphatic heterocycles. The fourth-order valence-electron chi connectivity index (χ4n) is 2.90. The van der Waals surface area contributed by atoms with E-state index in [9.17, 15) is 8.42 Å². The third-order valence-corrected chi connectivity index (χ3v) is 6.31. The van der Waals surface area contributed by atoms with E-state index < -0.39 is 10.0 Å². The Morgan fingerprint density at radius 2 is 1.89 bits per heavy atom. The molecule has 0 unspecified atom stereocenters. The second-order valence-corrected chi connectivity index (χ2v) is 8.59. The summed E-state index contributed by atoms with van der Waals surface area (Å²) in [6, 6.07) is 13.1. The minimum absolute atomic E-state index is 0.0832. The Kier molecular flexibility index (Phi) is 4.74. The summed E-state index contributed by atoms with van der Waals surface area (Å²) in [5.74, 6) is 0.576. The largest absolute Gasteiger partial charge is 0.288 e. The average molecular weight is 433 g/mol. The van der Waals surface area contributed by atoms with Gasteiger partial charge in [0.25, 0.3) is 10.0 Å². The Morgan fingerprint density at radius 3 is 2.68 bits per heavy atom. The normalized spacial score (nSPS) is 11.7. The van der Waals surface area contributed by atoms with Crippen LogP contribution in [0, 0.1) is 6.92 Å². The molecule has 4 aromatic rings. The van der Waals surface area contributed by atoms with Crippen LogP contribution in [0.2, 0.25) is 10.0 Å². The predicted octanol–water partition coefficient (Wildman–Crippen LogP) is 4.81. The van der Waals surface area contributed by atoms with Crippen molar-refractivity contribution in [1.82, 2.24) is 14.4 Å². The summed E-state index contributed by atoms with van der Waals surface area (Å²) in [7, 11) is -3.90. The number of halogens is 2. The molecule has 142 valence electrons. The molecule has 0 bridgehead atoms. The standard InChI is InChI=1S/C19H14Cl2N4O2S/c1-12-18(23-19-22-8-3-9-25(12)19)13-4-2-5-15(10-13)24-28(26,27)17-11-14(20)6-7-16(17)21/h2-11,24H,1H3. The number of hydrogen-bond acceptors (Lipinski definition) is 4. The van der Waals surface area contributed by atoms with Crippen LogP contribution in [-0.4, -0.2) is 22.8 Å². The van der Waals surface area contributed by atoms with E-state index in [1.165, 1.54) is 18.2 Å². The van der Waals surface area contributed by atoms with E-state index >= 15 is 0 Å². The number of sulfonamides is 1. The summed E-state index contributed by atoms with van der Waals surface area (Å²) >= 11 is 12.0. The van der Waals surface area contributed by atoms with Gasteiger partial charge in [-0.1, -0.05) is 35.3 Å². The first-order valence-electron chi connectivity index (χ1n) is 8.23. The highest BCUT2D eigenvalue weighted by molar-refractivity contribution is 7.92. The van der Waals surface area contributed by atoms with E-state index in [1.807, 2.05) is 29.7 Å². The van der Waals surface area contributed by atoms with Gasteiger partial charge >= 0.3 is 0 Å². The fraction of sp³-hybridized carbons (Fsp3) is 0.0526. The minimum atomic E-state index is -3.90. The molecule has 0 amide bonds. The van der Waals surface area contributed by atoms with Gasteiger partial charge in [0.15, 0.2) is 0 Å². The van der Waals surface area contributed by atoms with Crippen LogP contribution in [0.1, 0.15) is 5.69 Å². The summed E-state index contributed by atoms with van der Waals surface area (Å²) in [5.41, 5.74) is 2.78. The monoisotopic (exact) mass is 432 g/mol. The van der Waals surface area contributed by atoms with Gasteiger partial charge < -0.3 is 0 Å².